The highest BCUT2D eigenvalue weighted by Crippen LogP contribution is 2.21. The summed E-state index contributed by atoms with van der Waals surface area (Å²) < 4.78 is 27.6. The Morgan fingerprint density at radius 2 is 1.65 bits per heavy atom. The fourth-order valence-electron chi connectivity index (χ4n) is 2.50. The maximum Gasteiger partial charge on any atom is 0.273 e. The summed E-state index contributed by atoms with van der Waals surface area (Å²) in [6, 6.07) is 17.2. The van der Waals surface area contributed by atoms with Gasteiger partial charge in [-0.1, -0.05) is 23.7 Å². The number of sulfonamides is 1. The molecule has 3 aromatic carbocycles. The van der Waals surface area contributed by atoms with E-state index in [9.17, 15) is 23.3 Å². The van der Waals surface area contributed by atoms with Gasteiger partial charge in [0.25, 0.3) is 21.6 Å². The minimum absolute atomic E-state index is 0.0108. The molecule has 0 aromatic heterocycles. The Balaban J connectivity index is 1.74. The van der Waals surface area contributed by atoms with Gasteiger partial charge < -0.3 is 0 Å². The van der Waals surface area contributed by atoms with Crippen LogP contribution in [0.5, 0.6) is 0 Å². The van der Waals surface area contributed by atoms with E-state index in [0.29, 0.717) is 10.6 Å². The lowest BCUT2D eigenvalue weighted by Crippen LogP contribution is -2.21. The zero-order valence-corrected chi connectivity index (χ0v) is 17.3. The van der Waals surface area contributed by atoms with Gasteiger partial charge in [-0.25, -0.2) is 13.8 Å². The van der Waals surface area contributed by atoms with E-state index >= 15 is 0 Å². The van der Waals surface area contributed by atoms with E-state index in [0.717, 1.165) is 0 Å². The molecule has 0 saturated heterocycles. The van der Waals surface area contributed by atoms with Crippen LogP contribution in [0, 0.1) is 10.1 Å². The number of nitrogens with zero attached hydrogens (tertiary/aromatic N) is 2. The van der Waals surface area contributed by atoms with Crippen molar-refractivity contribution >= 4 is 45.1 Å². The van der Waals surface area contributed by atoms with Gasteiger partial charge in [0.15, 0.2) is 0 Å². The van der Waals surface area contributed by atoms with Crippen molar-refractivity contribution in [3.63, 3.8) is 0 Å². The van der Waals surface area contributed by atoms with Crippen LogP contribution in [0.15, 0.2) is 82.8 Å². The number of amides is 1. The molecule has 0 atom stereocenters. The van der Waals surface area contributed by atoms with Crippen LogP contribution < -0.4 is 10.1 Å². The van der Waals surface area contributed by atoms with Crippen molar-refractivity contribution in [3.8, 4) is 0 Å². The first-order valence-corrected chi connectivity index (χ1v) is 10.6. The number of hydrogen-bond acceptors (Lipinski definition) is 6. The number of nitrogens with one attached hydrogen (secondary N) is 2. The normalized spacial score (nSPS) is 11.3. The van der Waals surface area contributed by atoms with Crippen LogP contribution in [-0.2, 0) is 10.0 Å². The zero-order valence-electron chi connectivity index (χ0n) is 15.7. The predicted molar refractivity (Wildman–Crippen MR) is 117 cm³/mol. The molecule has 0 heterocycles. The van der Waals surface area contributed by atoms with E-state index in [4.69, 9.17) is 11.6 Å². The van der Waals surface area contributed by atoms with Crippen LogP contribution in [0.25, 0.3) is 0 Å². The molecule has 0 aliphatic carbocycles. The van der Waals surface area contributed by atoms with Crippen LogP contribution in [0.2, 0.25) is 5.02 Å². The molecular weight excluding hydrogens is 444 g/mol. The van der Waals surface area contributed by atoms with Gasteiger partial charge in [-0.15, -0.1) is 0 Å². The van der Waals surface area contributed by atoms with E-state index in [-0.39, 0.29) is 21.8 Å². The van der Waals surface area contributed by atoms with E-state index in [2.05, 4.69) is 15.2 Å². The summed E-state index contributed by atoms with van der Waals surface area (Å²) >= 11 is 5.79. The molecule has 158 valence electrons. The van der Waals surface area contributed by atoms with Gasteiger partial charge in [-0.2, -0.15) is 5.10 Å². The maximum atomic E-state index is 12.6. The van der Waals surface area contributed by atoms with Gasteiger partial charge in [0.05, 0.1) is 27.3 Å². The van der Waals surface area contributed by atoms with E-state index in [1.807, 2.05) is 0 Å². The molecule has 0 bridgehead atoms. The van der Waals surface area contributed by atoms with Crippen LogP contribution >= 0.6 is 11.6 Å². The van der Waals surface area contributed by atoms with Gasteiger partial charge >= 0.3 is 0 Å². The number of halogens is 1. The number of nitro benzene ring substituents is 1. The first-order chi connectivity index (χ1) is 14.8. The average Bonchev–Trinajstić information content (AvgIpc) is 2.74. The van der Waals surface area contributed by atoms with E-state index in [1.165, 1.54) is 66.9 Å². The van der Waals surface area contributed by atoms with Gasteiger partial charge in [-0.05, 0) is 54.1 Å². The third-order valence-electron chi connectivity index (χ3n) is 4.02. The van der Waals surface area contributed by atoms with Crippen LogP contribution in [-0.4, -0.2) is 25.5 Å². The van der Waals surface area contributed by atoms with Crippen molar-refractivity contribution in [1.82, 2.24) is 5.43 Å². The van der Waals surface area contributed by atoms with Gasteiger partial charge in [0.2, 0.25) is 0 Å². The number of carbonyl (C=O) groups is 1. The summed E-state index contributed by atoms with van der Waals surface area (Å²) in [6.45, 7) is 0. The third kappa shape index (κ3) is 5.65. The second kappa shape index (κ2) is 9.37. The number of para-hydroxylation sites is 1. The number of hydrazone groups is 1. The summed E-state index contributed by atoms with van der Waals surface area (Å²) in [5.41, 5.74) is 2.89. The average molecular weight is 459 g/mol. The molecule has 0 fully saturated rings. The minimum atomic E-state index is -3.94. The Labute approximate surface area is 182 Å². The molecule has 0 aliphatic rings. The lowest BCUT2D eigenvalue weighted by Gasteiger charge is -2.11. The third-order valence-corrected chi connectivity index (χ3v) is 5.66. The molecule has 2 N–H and O–H groups in total. The van der Waals surface area contributed by atoms with Crippen molar-refractivity contribution < 1.29 is 18.1 Å². The number of anilines is 1. The molecule has 0 radical (unpaired) electrons. The smallest absolute Gasteiger partial charge is 0.273 e. The lowest BCUT2D eigenvalue weighted by atomic mass is 10.2. The summed E-state index contributed by atoms with van der Waals surface area (Å²) in [7, 11) is -3.94. The van der Waals surface area contributed by atoms with Gasteiger partial charge in [0, 0.05) is 17.2 Å². The Morgan fingerprint density at radius 1 is 1.00 bits per heavy atom. The number of hydrogen-bond donors (Lipinski definition) is 2. The highest BCUT2D eigenvalue weighted by molar-refractivity contribution is 7.92. The molecule has 3 rings (SSSR count). The number of carbonyl (C=O) groups excluding carboxylic acids is 1. The number of benzene rings is 3. The molecule has 0 saturated carbocycles. The largest absolute Gasteiger partial charge is 0.279 e. The molecule has 0 aliphatic heterocycles. The number of nitro groups is 1. The van der Waals surface area contributed by atoms with Crippen LogP contribution in [0.4, 0.5) is 11.4 Å². The van der Waals surface area contributed by atoms with Crippen molar-refractivity contribution in [3.05, 3.63) is 99.1 Å². The fraction of sp³-hybridized carbons (Fsp3) is 0. The van der Waals surface area contributed by atoms with Gasteiger partial charge in [-0.3, -0.25) is 19.6 Å². The molecule has 3 aromatic rings. The number of non-ortho nitro benzene ring substituents is 1. The highest BCUT2D eigenvalue weighted by Gasteiger charge is 2.18. The molecule has 9 nitrogen and oxygen atoms in total. The lowest BCUT2D eigenvalue weighted by molar-refractivity contribution is -0.384. The fourth-order valence-corrected chi connectivity index (χ4v) is 3.70. The molecule has 0 unspecified atom stereocenters. The zero-order chi connectivity index (χ0) is 22.4. The van der Waals surface area contributed by atoms with Crippen molar-refractivity contribution in [2.24, 2.45) is 5.10 Å². The summed E-state index contributed by atoms with van der Waals surface area (Å²) in [5.74, 6) is -0.646. The first-order valence-electron chi connectivity index (χ1n) is 8.71. The number of rotatable bonds is 7. The molecule has 11 heteroatoms. The van der Waals surface area contributed by atoms with Crippen LogP contribution in [0.1, 0.15) is 15.9 Å². The van der Waals surface area contributed by atoms with Crippen LogP contribution in [0.3, 0.4) is 0 Å². The van der Waals surface area contributed by atoms with Gasteiger partial charge in [0.1, 0.15) is 0 Å². The maximum absolute atomic E-state index is 12.6. The van der Waals surface area contributed by atoms with E-state index in [1.54, 1.807) is 12.1 Å². The Hall–Kier alpha value is -3.76. The summed E-state index contributed by atoms with van der Waals surface area (Å²) in [6.07, 6.45) is 1.31. The molecule has 31 heavy (non-hydrogen) atoms. The SMILES string of the molecule is O=C(NN=Cc1ccc([N+](=O)[O-])cc1)c1ccccc1NS(=O)(=O)c1ccc(Cl)cc1. The van der Waals surface area contributed by atoms with E-state index < -0.39 is 20.9 Å². The Morgan fingerprint density at radius 3 is 2.29 bits per heavy atom. The highest BCUT2D eigenvalue weighted by atomic mass is 35.5. The quantitative estimate of drug-likeness (QED) is 0.315. The molecular formula is C20H15ClN4O5S. The molecule has 0 spiro atoms. The predicted octanol–water partition coefficient (Wildman–Crippen LogP) is 3.81. The summed E-state index contributed by atoms with van der Waals surface area (Å²) in [4.78, 5) is 22.6. The first kappa shape index (κ1) is 21.9. The minimum Gasteiger partial charge on any atom is -0.279 e. The van der Waals surface area contributed by atoms with Crippen molar-refractivity contribution in [2.45, 2.75) is 4.90 Å². The standard InChI is InChI=1S/C20H15ClN4O5S/c21-15-7-11-17(12-8-15)31(29,30)24-19-4-2-1-3-18(19)20(26)23-22-13-14-5-9-16(10-6-14)25(27)28/h1-13,24H,(H,23,26). The second-order valence-corrected chi connectivity index (χ2v) is 8.27. The van der Waals surface area contributed by atoms with Crippen molar-refractivity contribution in [2.75, 3.05) is 4.72 Å². The van der Waals surface area contributed by atoms with Crippen molar-refractivity contribution in [1.29, 1.82) is 0 Å². The Kier molecular flexibility index (Phi) is 6.63. The second-order valence-electron chi connectivity index (χ2n) is 6.15. The summed E-state index contributed by atoms with van der Waals surface area (Å²) in [5, 5.41) is 14.9. The Bertz CT molecular complexity index is 1240. The molecule has 1 amide bonds. The monoisotopic (exact) mass is 458 g/mol. The topological polar surface area (TPSA) is 131 Å².